The first kappa shape index (κ1) is 17.5. The van der Waals surface area contributed by atoms with Crippen molar-refractivity contribution in [2.24, 2.45) is 5.92 Å². The summed E-state index contributed by atoms with van der Waals surface area (Å²) in [5, 5.41) is 3.35. The topological polar surface area (TPSA) is 59.2 Å². The van der Waals surface area contributed by atoms with Gasteiger partial charge in [0.1, 0.15) is 0 Å². The summed E-state index contributed by atoms with van der Waals surface area (Å²) in [5.74, 6) is -1.51. The number of amides is 1. The molecule has 0 saturated carbocycles. The Morgan fingerprint density at radius 3 is 2.70 bits per heavy atom. The van der Waals surface area contributed by atoms with Gasteiger partial charge in [-0.3, -0.25) is 4.79 Å². The fourth-order valence-corrected chi connectivity index (χ4v) is 2.87. The lowest BCUT2D eigenvalue weighted by Crippen LogP contribution is -2.30. The fraction of sp³-hybridized carbons (Fsp3) is 0.500. The lowest BCUT2D eigenvalue weighted by atomic mass is 10.1. The average Bonchev–Trinajstić information content (AvgIpc) is 3.13. The molecule has 2 rings (SSSR count). The molecule has 5 nitrogen and oxygen atoms in total. The first-order valence-corrected chi connectivity index (χ1v) is 7.79. The molecule has 2 heterocycles. The third kappa shape index (κ3) is 4.10. The molecule has 0 spiro atoms. The number of nitrogens with zero attached hydrogens (tertiary/aromatic N) is 3. The second-order valence-corrected chi connectivity index (χ2v) is 6.36. The molecule has 0 bridgehead atoms. The molecule has 1 unspecified atom stereocenters. The molecule has 0 aliphatic carbocycles. The normalized spacial score (nSPS) is 13.1. The molecule has 0 radical (unpaired) electrons. The summed E-state index contributed by atoms with van der Waals surface area (Å²) < 4.78 is 41.6. The summed E-state index contributed by atoms with van der Waals surface area (Å²) in [6, 6.07) is 3.36. The summed E-state index contributed by atoms with van der Waals surface area (Å²) in [7, 11) is 1.70. The van der Waals surface area contributed by atoms with Crippen LogP contribution in [0.25, 0.3) is 10.7 Å². The third-order valence-electron chi connectivity index (χ3n) is 3.35. The largest absolute Gasteiger partial charge is 0.471 e. The van der Waals surface area contributed by atoms with Crippen LogP contribution in [0.3, 0.4) is 0 Å². The van der Waals surface area contributed by atoms with Gasteiger partial charge in [-0.15, -0.1) is 11.3 Å². The molecule has 0 saturated heterocycles. The van der Waals surface area contributed by atoms with Crippen LogP contribution in [0, 0.1) is 5.92 Å². The maximum absolute atomic E-state index is 12.5. The Balaban J connectivity index is 2.09. The highest BCUT2D eigenvalue weighted by molar-refractivity contribution is 7.15. The molecule has 2 aromatic rings. The predicted molar refractivity (Wildman–Crippen MR) is 78.5 cm³/mol. The lowest BCUT2D eigenvalue weighted by Gasteiger charge is -2.19. The van der Waals surface area contributed by atoms with Gasteiger partial charge in [0, 0.05) is 17.8 Å². The minimum atomic E-state index is -4.66. The maximum atomic E-state index is 12.5. The van der Waals surface area contributed by atoms with E-state index in [9.17, 15) is 18.0 Å². The van der Waals surface area contributed by atoms with Crippen molar-refractivity contribution in [3.8, 4) is 10.7 Å². The van der Waals surface area contributed by atoms with E-state index in [1.807, 2.05) is 13.8 Å². The van der Waals surface area contributed by atoms with E-state index < -0.39 is 12.1 Å². The van der Waals surface area contributed by atoms with Crippen LogP contribution >= 0.6 is 11.3 Å². The zero-order chi connectivity index (χ0) is 17.2. The van der Waals surface area contributed by atoms with Crippen LogP contribution in [0.5, 0.6) is 0 Å². The molecular formula is C14H16F3N3O2S. The molecule has 9 heteroatoms. The highest BCUT2D eigenvalue weighted by Crippen LogP contribution is 2.32. The summed E-state index contributed by atoms with van der Waals surface area (Å²) in [4.78, 5) is 18.3. The van der Waals surface area contributed by atoms with Gasteiger partial charge >= 0.3 is 12.1 Å². The fourth-order valence-electron chi connectivity index (χ4n) is 1.88. The number of hydrogen-bond donors (Lipinski definition) is 0. The van der Waals surface area contributed by atoms with E-state index in [4.69, 9.17) is 0 Å². The molecular weight excluding hydrogens is 331 g/mol. The predicted octanol–water partition coefficient (Wildman–Crippen LogP) is 3.82. The third-order valence-corrected chi connectivity index (χ3v) is 4.42. The van der Waals surface area contributed by atoms with Crippen molar-refractivity contribution in [2.75, 3.05) is 7.05 Å². The van der Waals surface area contributed by atoms with Crippen molar-refractivity contribution in [3.63, 3.8) is 0 Å². The Kier molecular flexibility index (Phi) is 5.08. The van der Waals surface area contributed by atoms with Gasteiger partial charge in [0.25, 0.3) is 0 Å². The monoisotopic (exact) mass is 347 g/mol. The zero-order valence-electron chi connectivity index (χ0n) is 12.8. The van der Waals surface area contributed by atoms with Gasteiger partial charge in [-0.2, -0.15) is 18.2 Å². The molecule has 1 atom stereocenters. The van der Waals surface area contributed by atoms with Crippen molar-refractivity contribution in [3.05, 3.63) is 22.9 Å². The van der Waals surface area contributed by atoms with Gasteiger partial charge in [-0.05, 0) is 18.6 Å². The van der Waals surface area contributed by atoms with Crippen LogP contribution < -0.4 is 0 Å². The van der Waals surface area contributed by atoms with Gasteiger partial charge in [0.15, 0.2) is 0 Å². The van der Waals surface area contributed by atoms with Gasteiger partial charge in [-0.1, -0.05) is 19.0 Å². The van der Waals surface area contributed by atoms with E-state index in [1.165, 1.54) is 11.3 Å². The number of rotatable bonds is 5. The van der Waals surface area contributed by atoms with Gasteiger partial charge < -0.3 is 9.42 Å². The van der Waals surface area contributed by atoms with Crippen LogP contribution in [0.4, 0.5) is 13.2 Å². The number of aromatic nitrogens is 2. The highest BCUT2D eigenvalue weighted by Gasteiger charge is 2.38. The molecule has 2 aromatic heterocycles. The van der Waals surface area contributed by atoms with E-state index in [1.54, 1.807) is 24.1 Å². The van der Waals surface area contributed by atoms with Crippen molar-refractivity contribution >= 4 is 17.2 Å². The lowest BCUT2D eigenvalue weighted by molar-refractivity contribution is -0.159. The molecule has 0 aliphatic heterocycles. The van der Waals surface area contributed by atoms with Gasteiger partial charge in [-0.25, -0.2) is 0 Å². The summed E-state index contributed by atoms with van der Waals surface area (Å²) in [6.07, 6.45) is -3.91. The zero-order valence-corrected chi connectivity index (χ0v) is 13.7. The second-order valence-electron chi connectivity index (χ2n) is 5.19. The van der Waals surface area contributed by atoms with Crippen LogP contribution in [0.2, 0.25) is 0 Å². The Bertz CT molecular complexity index is 681. The quantitative estimate of drug-likeness (QED) is 0.825. The number of hydrogen-bond acceptors (Lipinski definition) is 5. The minimum Gasteiger partial charge on any atom is -0.340 e. The summed E-state index contributed by atoms with van der Waals surface area (Å²) in [5.41, 5.74) is 0. The van der Waals surface area contributed by atoms with Crippen molar-refractivity contribution in [1.29, 1.82) is 0 Å². The SMILES string of the molecule is CCC(C)C(=O)N(C)Cc1ccc(-c2noc(C(F)(F)F)n2)s1. The maximum Gasteiger partial charge on any atom is 0.471 e. The Labute approximate surface area is 135 Å². The molecule has 23 heavy (non-hydrogen) atoms. The first-order chi connectivity index (χ1) is 10.7. The minimum absolute atomic E-state index is 0.0290. The average molecular weight is 347 g/mol. The molecule has 0 aromatic carbocycles. The van der Waals surface area contributed by atoms with Gasteiger partial charge in [0.2, 0.25) is 11.7 Å². The van der Waals surface area contributed by atoms with Crippen LogP contribution in [-0.4, -0.2) is 28.0 Å². The standard InChI is InChI=1S/C14H16F3N3O2S/c1-4-8(2)12(21)20(3)7-9-5-6-10(23-9)11-18-13(22-19-11)14(15,16)17/h5-6,8H,4,7H2,1-3H3. The van der Waals surface area contributed by atoms with E-state index in [2.05, 4.69) is 14.7 Å². The molecule has 0 N–H and O–H groups in total. The molecule has 126 valence electrons. The Morgan fingerprint density at radius 2 is 2.13 bits per heavy atom. The number of thiophene rings is 1. The number of carbonyl (C=O) groups excluding carboxylic acids is 1. The van der Waals surface area contributed by atoms with Gasteiger partial charge in [0.05, 0.1) is 11.4 Å². The Hall–Kier alpha value is -1.90. The number of halogens is 3. The van der Waals surface area contributed by atoms with E-state index in [0.717, 1.165) is 11.3 Å². The summed E-state index contributed by atoms with van der Waals surface area (Å²) in [6.45, 7) is 4.18. The highest BCUT2D eigenvalue weighted by atomic mass is 32.1. The van der Waals surface area contributed by atoms with Crippen molar-refractivity contribution in [1.82, 2.24) is 15.0 Å². The van der Waals surface area contributed by atoms with E-state index in [0.29, 0.717) is 11.4 Å². The van der Waals surface area contributed by atoms with Crippen LogP contribution in [0.15, 0.2) is 16.7 Å². The van der Waals surface area contributed by atoms with E-state index >= 15 is 0 Å². The first-order valence-electron chi connectivity index (χ1n) is 6.97. The molecule has 0 aliphatic rings. The van der Waals surface area contributed by atoms with Crippen molar-refractivity contribution in [2.45, 2.75) is 33.0 Å². The number of carbonyl (C=O) groups is 1. The Morgan fingerprint density at radius 1 is 1.43 bits per heavy atom. The second kappa shape index (κ2) is 6.69. The smallest absolute Gasteiger partial charge is 0.340 e. The molecule has 0 fully saturated rings. The number of alkyl halides is 3. The molecule has 1 amide bonds. The summed E-state index contributed by atoms with van der Waals surface area (Å²) >= 11 is 1.23. The van der Waals surface area contributed by atoms with E-state index in [-0.39, 0.29) is 17.6 Å². The van der Waals surface area contributed by atoms with Crippen molar-refractivity contribution < 1.29 is 22.5 Å². The van der Waals surface area contributed by atoms with Crippen LogP contribution in [0.1, 0.15) is 31.0 Å². The van der Waals surface area contributed by atoms with Crippen LogP contribution in [-0.2, 0) is 17.5 Å².